The second-order valence-corrected chi connectivity index (χ2v) is 5.12. The molecular formula is C12H13BrFNO2. The van der Waals surface area contributed by atoms with Crippen molar-refractivity contribution >= 4 is 21.9 Å². The lowest BCUT2D eigenvalue weighted by Crippen LogP contribution is -2.49. The van der Waals surface area contributed by atoms with E-state index in [4.69, 9.17) is 0 Å². The van der Waals surface area contributed by atoms with Gasteiger partial charge in [0, 0.05) is 12.1 Å². The monoisotopic (exact) mass is 301 g/mol. The van der Waals surface area contributed by atoms with Gasteiger partial charge < -0.3 is 10.4 Å². The van der Waals surface area contributed by atoms with Crippen LogP contribution in [0.1, 0.15) is 18.4 Å². The van der Waals surface area contributed by atoms with Crippen molar-refractivity contribution in [2.45, 2.75) is 18.3 Å². The van der Waals surface area contributed by atoms with Crippen LogP contribution in [0, 0.1) is 5.82 Å². The Hall–Kier alpha value is -0.940. The van der Waals surface area contributed by atoms with Gasteiger partial charge in [0.2, 0.25) is 0 Å². The van der Waals surface area contributed by atoms with Crippen molar-refractivity contribution in [1.82, 2.24) is 5.32 Å². The Morgan fingerprint density at radius 1 is 1.53 bits per heavy atom. The van der Waals surface area contributed by atoms with Crippen molar-refractivity contribution in [3.8, 4) is 0 Å². The van der Waals surface area contributed by atoms with E-state index < -0.39 is 17.2 Å². The van der Waals surface area contributed by atoms with Crippen LogP contribution in [0.5, 0.6) is 0 Å². The Balaban J connectivity index is 2.53. The third-order valence-electron chi connectivity index (χ3n) is 3.26. The van der Waals surface area contributed by atoms with E-state index in [1.165, 1.54) is 0 Å². The van der Waals surface area contributed by atoms with E-state index in [-0.39, 0.29) is 12.1 Å². The topological polar surface area (TPSA) is 49.3 Å². The molecule has 0 amide bonds. The minimum absolute atomic E-state index is 0.256. The number of piperidine rings is 1. The van der Waals surface area contributed by atoms with E-state index in [1.807, 2.05) is 0 Å². The largest absolute Gasteiger partial charge is 0.481 e. The molecular weight excluding hydrogens is 289 g/mol. The second-order valence-electron chi connectivity index (χ2n) is 4.27. The summed E-state index contributed by atoms with van der Waals surface area (Å²) in [5, 5.41) is 12.5. The van der Waals surface area contributed by atoms with Gasteiger partial charge in [-0.05, 0) is 41.4 Å². The molecule has 17 heavy (non-hydrogen) atoms. The summed E-state index contributed by atoms with van der Waals surface area (Å²) in [6, 6.07) is 4.80. The number of rotatable bonds is 2. The van der Waals surface area contributed by atoms with E-state index in [0.717, 1.165) is 13.0 Å². The maximum atomic E-state index is 14.1. The SMILES string of the molecule is O=C(O)C1(c2cccc(Br)c2F)CCCNC1. The molecule has 0 saturated carbocycles. The molecule has 1 aromatic carbocycles. The number of carboxylic acid groups (broad SMARTS) is 1. The lowest BCUT2D eigenvalue weighted by molar-refractivity contribution is -0.144. The van der Waals surface area contributed by atoms with Crippen LogP contribution in [0.3, 0.4) is 0 Å². The molecule has 0 aliphatic carbocycles. The highest BCUT2D eigenvalue weighted by Crippen LogP contribution is 2.35. The highest BCUT2D eigenvalue weighted by Gasteiger charge is 2.43. The van der Waals surface area contributed by atoms with Crippen molar-refractivity contribution in [3.05, 3.63) is 34.1 Å². The quantitative estimate of drug-likeness (QED) is 0.881. The van der Waals surface area contributed by atoms with Crippen molar-refractivity contribution in [2.75, 3.05) is 13.1 Å². The van der Waals surface area contributed by atoms with E-state index in [0.29, 0.717) is 10.9 Å². The molecule has 1 unspecified atom stereocenters. The standard InChI is InChI=1S/C12H13BrFNO2/c13-9-4-1-3-8(10(9)14)12(11(16)17)5-2-6-15-7-12/h1,3-4,15H,2,5-7H2,(H,16,17). The Labute approximate surface area is 107 Å². The molecule has 1 aliphatic heterocycles. The molecule has 1 fully saturated rings. The number of carboxylic acids is 1. The van der Waals surface area contributed by atoms with Gasteiger partial charge in [0.15, 0.2) is 0 Å². The zero-order valence-corrected chi connectivity index (χ0v) is 10.8. The number of benzene rings is 1. The van der Waals surface area contributed by atoms with Gasteiger partial charge in [-0.1, -0.05) is 12.1 Å². The van der Waals surface area contributed by atoms with Gasteiger partial charge in [0.1, 0.15) is 11.2 Å². The van der Waals surface area contributed by atoms with Gasteiger partial charge in [-0.25, -0.2) is 4.39 Å². The van der Waals surface area contributed by atoms with Crippen LogP contribution in [-0.2, 0) is 10.2 Å². The maximum absolute atomic E-state index is 14.1. The average Bonchev–Trinajstić information content (AvgIpc) is 2.33. The normalized spacial score (nSPS) is 24.6. The zero-order valence-electron chi connectivity index (χ0n) is 9.17. The van der Waals surface area contributed by atoms with Crippen molar-refractivity contribution in [1.29, 1.82) is 0 Å². The van der Waals surface area contributed by atoms with Crippen molar-refractivity contribution in [3.63, 3.8) is 0 Å². The second kappa shape index (κ2) is 4.74. The number of aliphatic carboxylic acids is 1. The summed E-state index contributed by atoms with van der Waals surface area (Å²) in [5.41, 5.74) is -0.891. The first-order valence-electron chi connectivity index (χ1n) is 5.46. The van der Waals surface area contributed by atoms with Gasteiger partial charge in [-0.3, -0.25) is 4.79 Å². The number of hydrogen-bond donors (Lipinski definition) is 2. The highest BCUT2D eigenvalue weighted by atomic mass is 79.9. The molecule has 5 heteroatoms. The predicted octanol–water partition coefficient (Wildman–Crippen LogP) is 2.29. The van der Waals surface area contributed by atoms with E-state index in [1.54, 1.807) is 18.2 Å². The highest BCUT2D eigenvalue weighted by molar-refractivity contribution is 9.10. The Kier molecular flexibility index (Phi) is 3.49. The van der Waals surface area contributed by atoms with Gasteiger partial charge in [-0.2, -0.15) is 0 Å². The zero-order chi connectivity index (χ0) is 12.5. The number of hydrogen-bond acceptors (Lipinski definition) is 2. The van der Waals surface area contributed by atoms with Gasteiger partial charge in [-0.15, -0.1) is 0 Å². The fourth-order valence-corrected chi connectivity index (χ4v) is 2.67. The molecule has 0 aromatic heterocycles. The Morgan fingerprint density at radius 3 is 2.88 bits per heavy atom. The van der Waals surface area contributed by atoms with E-state index >= 15 is 0 Å². The summed E-state index contributed by atoms with van der Waals surface area (Å²) in [7, 11) is 0. The number of nitrogens with one attached hydrogen (secondary N) is 1. The molecule has 1 atom stereocenters. The van der Waals surface area contributed by atoms with Crippen molar-refractivity contribution in [2.24, 2.45) is 0 Å². The average molecular weight is 302 g/mol. The van der Waals surface area contributed by atoms with Crippen LogP contribution in [0.15, 0.2) is 22.7 Å². The van der Waals surface area contributed by atoms with Gasteiger partial charge >= 0.3 is 5.97 Å². The first-order valence-corrected chi connectivity index (χ1v) is 6.26. The first-order chi connectivity index (χ1) is 8.08. The number of carbonyl (C=O) groups is 1. The predicted molar refractivity (Wildman–Crippen MR) is 65.5 cm³/mol. The van der Waals surface area contributed by atoms with Gasteiger partial charge in [0.25, 0.3) is 0 Å². The summed E-state index contributed by atoms with van der Waals surface area (Å²) in [6.07, 6.45) is 1.20. The summed E-state index contributed by atoms with van der Waals surface area (Å²) in [5.74, 6) is -1.44. The smallest absolute Gasteiger partial charge is 0.315 e. The van der Waals surface area contributed by atoms with E-state index in [9.17, 15) is 14.3 Å². The first kappa shape index (κ1) is 12.5. The van der Waals surface area contributed by atoms with Crippen LogP contribution in [0.4, 0.5) is 4.39 Å². The van der Waals surface area contributed by atoms with Crippen LogP contribution in [-0.4, -0.2) is 24.2 Å². The molecule has 92 valence electrons. The molecule has 1 aromatic rings. The molecule has 3 nitrogen and oxygen atoms in total. The molecule has 1 aliphatic rings. The van der Waals surface area contributed by atoms with Crippen LogP contribution < -0.4 is 5.32 Å². The van der Waals surface area contributed by atoms with Crippen molar-refractivity contribution < 1.29 is 14.3 Å². The van der Waals surface area contributed by atoms with Crippen LogP contribution in [0.25, 0.3) is 0 Å². The molecule has 0 spiro atoms. The lowest BCUT2D eigenvalue weighted by Gasteiger charge is -2.34. The minimum Gasteiger partial charge on any atom is -0.481 e. The van der Waals surface area contributed by atoms with Gasteiger partial charge in [0.05, 0.1) is 4.47 Å². The Morgan fingerprint density at radius 2 is 2.29 bits per heavy atom. The maximum Gasteiger partial charge on any atom is 0.315 e. The lowest BCUT2D eigenvalue weighted by atomic mass is 9.74. The van der Waals surface area contributed by atoms with Crippen LogP contribution >= 0.6 is 15.9 Å². The fraction of sp³-hybridized carbons (Fsp3) is 0.417. The Bertz CT molecular complexity index is 444. The van der Waals surface area contributed by atoms with Crippen LogP contribution in [0.2, 0.25) is 0 Å². The summed E-state index contributed by atoms with van der Waals surface area (Å²) in [4.78, 5) is 11.5. The molecule has 1 saturated heterocycles. The number of halogens is 2. The summed E-state index contributed by atoms with van der Waals surface area (Å²) >= 11 is 3.10. The molecule has 0 radical (unpaired) electrons. The third kappa shape index (κ3) is 2.09. The van der Waals surface area contributed by atoms with E-state index in [2.05, 4.69) is 21.2 Å². The molecule has 0 bridgehead atoms. The third-order valence-corrected chi connectivity index (χ3v) is 3.87. The summed E-state index contributed by atoms with van der Waals surface area (Å²) in [6.45, 7) is 1.06. The molecule has 2 rings (SSSR count). The molecule has 2 N–H and O–H groups in total. The summed E-state index contributed by atoms with van der Waals surface area (Å²) < 4.78 is 14.4. The minimum atomic E-state index is -1.15. The molecule has 1 heterocycles. The fourth-order valence-electron chi connectivity index (χ4n) is 2.31.